The Kier molecular flexibility index (Phi) is 5.35. The number of nitrogens with two attached hydrogens (primary N) is 1. The minimum Gasteiger partial charge on any atom is -0.347 e. The van der Waals surface area contributed by atoms with E-state index in [1.807, 2.05) is 17.5 Å². The van der Waals surface area contributed by atoms with E-state index in [9.17, 15) is 13.6 Å². The Hall–Kier alpha value is -2.38. The number of carbonyl (C=O) groups is 1. The fourth-order valence-corrected chi connectivity index (χ4v) is 3.37. The molecule has 4 nitrogen and oxygen atoms in total. The Morgan fingerprint density at radius 1 is 1.32 bits per heavy atom. The molecular weight excluding hydrogens is 344 g/mol. The zero-order valence-corrected chi connectivity index (χ0v) is 14.2. The fourth-order valence-electron chi connectivity index (χ4n) is 2.55. The van der Waals surface area contributed by atoms with Crippen molar-refractivity contribution < 1.29 is 13.6 Å². The number of hydrogen-bond donors (Lipinski definition) is 2. The number of amides is 1. The standard InChI is InChI=1S/C18H17F2N3OS/c19-15-2-1-11(6-16(15)20)5-14(8-21)23-18(24)17-7-13(10-25-17)12-3-4-22-9-12/h1-3,6-7,9-10,14H,4-5,8,21H2,(H,23,24). The van der Waals surface area contributed by atoms with Gasteiger partial charge in [0.05, 0.1) is 11.4 Å². The fraction of sp³-hybridized carbons (Fsp3) is 0.222. The van der Waals surface area contributed by atoms with E-state index < -0.39 is 11.6 Å². The van der Waals surface area contributed by atoms with Crippen molar-refractivity contribution in [3.8, 4) is 0 Å². The van der Waals surface area contributed by atoms with E-state index in [1.54, 1.807) is 6.21 Å². The van der Waals surface area contributed by atoms with E-state index in [0.717, 1.165) is 23.3 Å². The van der Waals surface area contributed by atoms with Crippen molar-refractivity contribution in [2.24, 2.45) is 10.7 Å². The first-order valence-electron chi connectivity index (χ1n) is 7.80. The summed E-state index contributed by atoms with van der Waals surface area (Å²) < 4.78 is 26.3. The Balaban J connectivity index is 1.65. The maximum atomic E-state index is 13.3. The normalized spacial score (nSPS) is 14.4. The molecule has 0 spiro atoms. The van der Waals surface area contributed by atoms with Crippen LogP contribution in [0.25, 0.3) is 5.57 Å². The van der Waals surface area contributed by atoms with Crippen LogP contribution < -0.4 is 11.1 Å². The molecule has 1 amide bonds. The monoisotopic (exact) mass is 361 g/mol. The molecular formula is C18H17F2N3OS. The molecule has 2 heterocycles. The van der Waals surface area contributed by atoms with Gasteiger partial charge in [0, 0.05) is 18.8 Å². The van der Waals surface area contributed by atoms with Crippen LogP contribution in [-0.4, -0.2) is 31.3 Å². The van der Waals surface area contributed by atoms with E-state index in [2.05, 4.69) is 10.3 Å². The lowest BCUT2D eigenvalue weighted by molar-refractivity contribution is 0.0942. The first-order valence-corrected chi connectivity index (χ1v) is 8.68. The van der Waals surface area contributed by atoms with Crippen LogP contribution in [0.5, 0.6) is 0 Å². The second kappa shape index (κ2) is 7.67. The van der Waals surface area contributed by atoms with Gasteiger partial charge in [0.2, 0.25) is 0 Å². The number of allylic oxidation sites excluding steroid dienone is 1. The molecule has 2 aromatic rings. The summed E-state index contributed by atoms with van der Waals surface area (Å²) in [7, 11) is 0. The summed E-state index contributed by atoms with van der Waals surface area (Å²) >= 11 is 1.34. The molecule has 0 bridgehead atoms. The van der Waals surface area contributed by atoms with Gasteiger partial charge in [0.15, 0.2) is 11.6 Å². The second-order valence-electron chi connectivity index (χ2n) is 5.71. The smallest absolute Gasteiger partial charge is 0.261 e. The third-order valence-electron chi connectivity index (χ3n) is 3.89. The Labute approximate surface area is 148 Å². The van der Waals surface area contributed by atoms with Gasteiger partial charge in [0.25, 0.3) is 5.91 Å². The van der Waals surface area contributed by atoms with Gasteiger partial charge in [-0.3, -0.25) is 9.79 Å². The highest BCUT2D eigenvalue weighted by molar-refractivity contribution is 7.12. The third kappa shape index (κ3) is 4.18. The molecule has 0 fully saturated rings. The van der Waals surface area contributed by atoms with Gasteiger partial charge < -0.3 is 11.1 Å². The molecule has 0 saturated heterocycles. The number of aliphatic imine (C=N–C) groups is 1. The van der Waals surface area contributed by atoms with Gasteiger partial charge in [-0.15, -0.1) is 11.3 Å². The average Bonchev–Trinajstić information content (AvgIpc) is 3.28. The summed E-state index contributed by atoms with van der Waals surface area (Å²) in [6.07, 6.45) is 4.11. The van der Waals surface area contributed by atoms with Gasteiger partial charge >= 0.3 is 0 Å². The van der Waals surface area contributed by atoms with Gasteiger partial charge in [0.1, 0.15) is 0 Å². The van der Waals surface area contributed by atoms with Crippen LogP contribution in [0.1, 0.15) is 20.8 Å². The van der Waals surface area contributed by atoms with Crippen molar-refractivity contribution in [1.82, 2.24) is 5.32 Å². The summed E-state index contributed by atoms with van der Waals surface area (Å²) in [6.45, 7) is 0.858. The number of carbonyl (C=O) groups excluding carboxylic acids is 1. The van der Waals surface area contributed by atoms with Crippen molar-refractivity contribution in [2.45, 2.75) is 12.5 Å². The van der Waals surface area contributed by atoms with E-state index in [0.29, 0.717) is 23.4 Å². The number of halogens is 2. The maximum absolute atomic E-state index is 13.3. The number of hydrogen-bond acceptors (Lipinski definition) is 4. The molecule has 3 rings (SSSR count). The molecule has 1 aromatic heterocycles. The van der Waals surface area contributed by atoms with Gasteiger partial charge in [-0.2, -0.15) is 0 Å². The lowest BCUT2D eigenvalue weighted by Gasteiger charge is -2.16. The highest BCUT2D eigenvalue weighted by Gasteiger charge is 2.16. The zero-order chi connectivity index (χ0) is 17.8. The lowest BCUT2D eigenvalue weighted by atomic mass is 10.1. The Morgan fingerprint density at radius 3 is 2.84 bits per heavy atom. The molecule has 3 N–H and O–H groups in total. The summed E-state index contributed by atoms with van der Waals surface area (Å²) in [5.41, 5.74) is 8.26. The van der Waals surface area contributed by atoms with Gasteiger partial charge in [-0.05, 0) is 46.7 Å². The van der Waals surface area contributed by atoms with Crippen LogP contribution in [0.2, 0.25) is 0 Å². The first kappa shape index (κ1) is 17.4. The predicted molar refractivity (Wildman–Crippen MR) is 96.0 cm³/mol. The van der Waals surface area contributed by atoms with Crippen molar-refractivity contribution >= 4 is 29.0 Å². The number of thiophene rings is 1. The number of benzene rings is 1. The summed E-state index contributed by atoms with van der Waals surface area (Å²) in [6, 6.07) is 5.13. The number of nitrogens with zero attached hydrogens (tertiary/aromatic N) is 1. The van der Waals surface area contributed by atoms with E-state index in [-0.39, 0.29) is 18.5 Å². The van der Waals surface area contributed by atoms with E-state index in [1.165, 1.54) is 17.4 Å². The Morgan fingerprint density at radius 2 is 2.16 bits per heavy atom. The molecule has 1 aliphatic heterocycles. The molecule has 1 unspecified atom stereocenters. The highest BCUT2D eigenvalue weighted by atomic mass is 32.1. The van der Waals surface area contributed by atoms with Gasteiger partial charge in [-0.25, -0.2) is 8.78 Å². The van der Waals surface area contributed by atoms with Gasteiger partial charge in [-0.1, -0.05) is 12.1 Å². The minimum atomic E-state index is -0.908. The predicted octanol–water partition coefficient (Wildman–Crippen LogP) is 2.79. The second-order valence-corrected chi connectivity index (χ2v) is 6.62. The molecule has 1 aliphatic rings. The van der Waals surface area contributed by atoms with Crippen LogP contribution in [-0.2, 0) is 6.42 Å². The molecule has 0 radical (unpaired) electrons. The largest absolute Gasteiger partial charge is 0.347 e. The van der Waals surface area contributed by atoms with Crippen molar-refractivity contribution in [3.05, 3.63) is 63.4 Å². The molecule has 130 valence electrons. The minimum absolute atomic E-state index is 0.195. The average molecular weight is 361 g/mol. The molecule has 25 heavy (non-hydrogen) atoms. The van der Waals surface area contributed by atoms with Crippen LogP contribution in [0.15, 0.2) is 40.7 Å². The highest BCUT2D eigenvalue weighted by Crippen LogP contribution is 2.23. The molecule has 0 saturated carbocycles. The van der Waals surface area contributed by atoms with Crippen molar-refractivity contribution in [2.75, 3.05) is 13.1 Å². The van der Waals surface area contributed by atoms with E-state index in [4.69, 9.17) is 5.73 Å². The van der Waals surface area contributed by atoms with E-state index >= 15 is 0 Å². The maximum Gasteiger partial charge on any atom is 0.261 e. The van der Waals surface area contributed by atoms with Crippen LogP contribution in [0, 0.1) is 11.6 Å². The SMILES string of the molecule is NCC(Cc1ccc(F)c(F)c1)NC(=O)c1cc(C2=CCN=C2)cs1. The molecule has 7 heteroatoms. The Bertz CT molecular complexity index is 845. The number of rotatable bonds is 6. The molecule has 1 aromatic carbocycles. The zero-order valence-electron chi connectivity index (χ0n) is 13.3. The summed E-state index contributed by atoms with van der Waals surface area (Å²) in [5, 5.41) is 4.75. The molecule has 0 aliphatic carbocycles. The van der Waals surface area contributed by atoms with Crippen LogP contribution in [0.3, 0.4) is 0 Å². The van der Waals surface area contributed by atoms with Crippen molar-refractivity contribution in [1.29, 1.82) is 0 Å². The first-order chi connectivity index (χ1) is 12.1. The molecule has 1 atom stereocenters. The third-order valence-corrected chi connectivity index (χ3v) is 4.82. The van der Waals surface area contributed by atoms with Crippen LogP contribution >= 0.6 is 11.3 Å². The summed E-state index contributed by atoms with van der Waals surface area (Å²) in [4.78, 5) is 17.1. The quantitative estimate of drug-likeness (QED) is 0.831. The summed E-state index contributed by atoms with van der Waals surface area (Å²) in [5.74, 6) is -2.04. The number of nitrogens with one attached hydrogen (secondary N) is 1. The lowest BCUT2D eigenvalue weighted by Crippen LogP contribution is -2.41. The van der Waals surface area contributed by atoms with Crippen LogP contribution in [0.4, 0.5) is 8.78 Å². The van der Waals surface area contributed by atoms with Crippen molar-refractivity contribution in [3.63, 3.8) is 0 Å². The topological polar surface area (TPSA) is 67.5 Å².